The van der Waals surface area contributed by atoms with Gasteiger partial charge in [-0.1, -0.05) is 0 Å². The summed E-state index contributed by atoms with van der Waals surface area (Å²) >= 11 is 0. The quantitative estimate of drug-likeness (QED) is 0.363. The van der Waals surface area contributed by atoms with Crippen molar-refractivity contribution in [3.8, 4) is 0 Å². The SMILES string of the molecule is C[C@@H]1O[C@H](Nc2ccc(C(=O)O)c([N+](=O)[O-])c2)[C@H](O)[C@H](O)[C@H]1O. The van der Waals surface area contributed by atoms with Crippen LogP contribution >= 0.6 is 0 Å². The molecule has 1 heterocycles. The van der Waals surface area contributed by atoms with Crippen LogP contribution in [0.15, 0.2) is 18.2 Å². The van der Waals surface area contributed by atoms with E-state index in [0.29, 0.717) is 0 Å². The van der Waals surface area contributed by atoms with Crippen LogP contribution in [0.5, 0.6) is 0 Å². The first-order chi connectivity index (χ1) is 10.7. The summed E-state index contributed by atoms with van der Waals surface area (Å²) in [7, 11) is 0. The van der Waals surface area contributed by atoms with E-state index in [1.54, 1.807) is 0 Å². The van der Waals surface area contributed by atoms with Gasteiger partial charge in [-0.15, -0.1) is 0 Å². The van der Waals surface area contributed by atoms with E-state index >= 15 is 0 Å². The van der Waals surface area contributed by atoms with Crippen molar-refractivity contribution >= 4 is 17.3 Å². The number of nitrogens with one attached hydrogen (secondary N) is 1. The maximum absolute atomic E-state index is 11.0. The van der Waals surface area contributed by atoms with Gasteiger partial charge in [0, 0.05) is 11.8 Å². The molecular weight excluding hydrogens is 312 g/mol. The standard InChI is InChI=1S/C13H16N2O8/c1-5-9(16)10(17)11(18)12(23-5)14-6-2-3-7(13(19)20)8(4-6)15(21)22/h2-5,9-12,14,16-18H,1H3,(H,19,20)/t5-,9-,10+,11+,12-/m0/s1. The minimum Gasteiger partial charge on any atom is -0.477 e. The summed E-state index contributed by atoms with van der Waals surface area (Å²) in [4.78, 5) is 21.1. The van der Waals surface area contributed by atoms with Crippen LogP contribution in [0.25, 0.3) is 0 Å². The van der Waals surface area contributed by atoms with Gasteiger partial charge in [-0.25, -0.2) is 4.79 Å². The summed E-state index contributed by atoms with van der Waals surface area (Å²) in [6.45, 7) is 1.49. The molecule has 1 aliphatic rings. The highest BCUT2D eigenvalue weighted by Gasteiger charge is 2.41. The number of carbonyl (C=O) groups is 1. The van der Waals surface area contributed by atoms with Crippen molar-refractivity contribution in [3.63, 3.8) is 0 Å². The molecule has 1 fully saturated rings. The molecule has 1 aromatic carbocycles. The van der Waals surface area contributed by atoms with Crippen LogP contribution in [0.1, 0.15) is 17.3 Å². The third-order valence-electron chi connectivity index (χ3n) is 3.59. The zero-order valence-electron chi connectivity index (χ0n) is 12.0. The van der Waals surface area contributed by atoms with E-state index in [1.807, 2.05) is 0 Å². The second-order valence-electron chi connectivity index (χ2n) is 5.17. The number of hydrogen-bond donors (Lipinski definition) is 5. The van der Waals surface area contributed by atoms with Crippen molar-refractivity contribution in [2.75, 3.05) is 5.32 Å². The molecule has 10 nitrogen and oxygen atoms in total. The molecule has 1 aromatic rings. The number of carboxylic acids is 1. The Kier molecular flexibility index (Phi) is 4.80. The number of aliphatic hydroxyl groups is 3. The minimum absolute atomic E-state index is 0.126. The molecular formula is C13H16N2O8. The predicted molar refractivity (Wildman–Crippen MR) is 76.0 cm³/mol. The predicted octanol–water partition coefficient (Wildman–Crippen LogP) is -0.468. The molecule has 10 heteroatoms. The van der Waals surface area contributed by atoms with Gasteiger partial charge in [-0.3, -0.25) is 10.1 Å². The number of nitro benzene ring substituents is 1. The Morgan fingerprint density at radius 2 is 1.91 bits per heavy atom. The molecule has 126 valence electrons. The number of ether oxygens (including phenoxy) is 1. The number of anilines is 1. The number of hydrogen-bond acceptors (Lipinski definition) is 8. The molecule has 0 unspecified atom stereocenters. The van der Waals surface area contributed by atoms with Gasteiger partial charge in [0.25, 0.3) is 5.69 Å². The van der Waals surface area contributed by atoms with Crippen LogP contribution in [0.4, 0.5) is 11.4 Å². The number of nitrogens with zero attached hydrogens (tertiary/aromatic N) is 1. The lowest BCUT2D eigenvalue weighted by molar-refractivity contribution is -0.385. The highest BCUT2D eigenvalue weighted by molar-refractivity contribution is 5.93. The average molecular weight is 328 g/mol. The third kappa shape index (κ3) is 3.40. The number of aromatic carboxylic acids is 1. The van der Waals surface area contributed by atoms with E-state index in [-0.39, 0.29) is 5.69 Å². The molecule has 0 amide bonds. The molecule has 23 heavy (non-hydrogen) atoms. The van der Waals surface area contributed by atoms with Gasteiger partial charge in [-0.05, 0) is 19.1 Å². The first kappa shape index (κ1) is 17.1. The van der Waals surface area contributed by atoms with Crippen molar-refractivity contribution in [2.24, 2.45) is 0 Å². The molecule has 0 radical (unpaired) electrons. The average Bonchev–Trinajstić information content (AvgIpc) is 2.50. The van der Waals surface area contributed by atoms with Crippen molar-refractivity contribution in [2.45, 2.75) is 37.6 Å². The molecule has 0 saturated carbocycles. The van der Waals surface area contributed by atoms with E-state index in [4.69, 9.17) is 9.84 Å². The van der Waals surface area contributed by atoms with Crippen LogP contribution in [-0.2, 0) is 4.74 Å². The fourth-order valence-corrected chi connectivity index (χ4v) is 2.29. The van der Waals surface area contributed by atoms with Gasteiger partial charge in [-0.2, -0.15) is 0 Å². The fourth-order valence-electron chi connectivity index (χ4n) is 2.29. The third-order valence-corrected chi connectivity index (χ3v) is 3.59. The Bertz CT molecular complexity index is 622. The number of rotatable bonds is 4. The Morgan fingerprint density at radius 1 is 1.26 bits per heavy atom. The monoisotopic (exact) mass is 328 g/mol. The molecule has 0 aromatic heterocycles. The van der Waals surface area contributed by atoms with Crippen molar-refractivity contribution in [1.82, 2.24) is 0 Å². The lowest BCUT2D eigenvalue weighted by Crippen LogP contribution is -2.58. The Hall–Kier alpha value is -2.27. The second-order valence-corrected chi connectivity index (χ2v) is 5.17. The number of benzene rings is 1. The van der Waals surface area contributed by atoms with Gasteiger partial charge < -0.3 is 30.5 Å². The van der Waals surface area contributed by atoms with Crippen molar-refractivity contribution in [3.05, 3.63) is 33.9 Å². The molecule has 1 saturated heterocycles. The molecule has 5 N–H and O–H groups in total. The van der Waals surface area contributed by atoms with Gasteiger partial charge in [0.05, 0.1) is 11.0 Å². The Morgan fingerprint density at radius 3 is 2.48 bits per heavy atom. The highest BCUT2D eigenvalue weighted by Crippen LogP contribution is 2.27. The maximum atomic E-state index is 11.0. The summed E-state index contributed by atoms with van der Waals surface area (Å²) in [5.74, 6) is -1.44. The molecule has 5 atom stereocenters. The molecule has 2 rings (SSSR count). The summed E-state index contributed by atoms with van der Waals surface area (Å²) in [6.07, 6.45) is -6.10. The van der Waals surface area contributed by atoms with Crippen molar-refractivity contribution in [1.29, 1.82) is 0 Å². The fraction of sp³-hybridized carbons (Fsp3) is 0.462. The minimum atomic E-state index is -1.47. The zero-order chi connectivity index (χ0) is 17.3. The second kappa shape index (κ2) is 6.46. The topological polar surface area (TPSA) is 162 Å². The van der Waals surface area contributed by atoms with Crippen LogP contribution in [0, 0.1) is 10.1 Å². The Balaban J connectivity index is 2.25. The maximum Gasteiger partial charge on any atom is 0.342 e. The molecule has 1 aliphatic heterocycles. The van der Waals surface area contributed by atoms with Gasteiger partial charge in [0.1, 0.15) is 23.9 Å². The van der Waals surface area contributed by atoms with E-state index in [1.165, 1.54) is 13.0 Å². The highest BCUT2D eigenvalue weighted by atomic mass is 16.6. The van der Waals surface area contributed by atoms with Crippen LogP contribution in [0.3, 0.4) is 0 Å². The zero-order valence-corrected chi connectivity index (χ0v) is 12.0. The lowest BCUT2D eigenvalue weighted by atomic mass is 9.99. The summed E-state index contributed by atoms with van der Waals surface area (Å²) in [5, 5.41) is 51.7. The Labute approximate surface area is 130 Å². The normalized spacial score (nSPS) is 30.7. The first-order valence-corrected chi connectivity index (χ1v) is 6.70. The number of aliphatic hydroxyl groups excluding tert-OH is 3. The molecule has 0 bridgehead atoms. The summed E-state index contributed by atoms with van der Waals surface area (Å²) < 4.78 is 5.31. The molecule has 0 spiro atoms. The van der Waals surface area contributed by atoms with Gasteiger partial charge in [0.2, 0.25) is 0 Å². The van der Waals surface area contributed by atoms with E-state index in [0.717, 1.165) is 12.1 Å². The van der Waals surface area contributed by atoms with Gasteiger partial charge >= 0.3 is 5.97 Å². The number of nitro groups is 1. The van der Waals surface area contributed by atoms with Crippen LogP contribution < -0.4 is 5.32 Å². The molecule has 0 aliphatic carbocycles. The summed E-state index contributed by atoms with van der Waals surface area (Å²) in [5.41, 5.74) is -0.975. The van der Waals surface area contributed by atoms with E-state index < -0.39 is 52.8 Å². The van der Waals surface area contributed by atoms with Crippen molar-refractivity contribution < 1.29 is 34.9 Å². The van der Waals surface area contributed by atoms with Crippen LogP contribution in [-0.4, -0.2) is 62.0 Å². The first-order valence-electron chi connectivity index (χ1n) is 6.70. The number of carboxylic acid groups (broad SMARTS) is 1. The lowest BCUT2D eigenvalue weighted by Gasteiger charge is -2.39. The van der Waals surface area contributed by atoms with Crippen LogP contribution in [0.2, 0.25) is 0 Å². The smallest absolute Gasteiger partial charge is 0.342 e. The summed E-state index contributed by atoms with van der Waals surface area (Å²) in [6, 6.07) is 3.31. The van der Waals surface area contributed by atoms with E-state index in [2.05, 4.69) is 5.32 Å². The largest absolute Gasteiger partial charge is 0.477 e. The van der Waals surface area contributed by atoms with Gasteiger partial charge in [0.15, 0.2) is 6.23 Å². The van der Waals surface area contributed by atoms with E-state index in [9.17, 15) is 30.2 Å².